The second-order valence-electron chi connectivity index (χ2n) is 4.02. The van der Waals surface area contributed by atoms with Crippen LogP contribution in [0.5, 0.6) is 0 Å². The first-order chi connectivity index (χ1) is 8.00. The van der Waals surface area contributed by atoms with Crippen molar-refractivity contribution in [3.63, 3.8) is 0 Å². The fourth-order valence-electron chi connectivity index (χ4n) is 1.85. The monoisotopic (exact) mass is 340 g/mol. The Labute approximate surface area is 118 Å². The van der Waals surface area contributed by atoms with Crippen molar-refractivity contribution in [1.82, 2.24) is 4.90 Å². The number of halogens is 4. The highest BCUT2D eigenvalue weighted by Gasteiger charge is 2.29. The second-order valence-corrected chi connectivity index (χ2v) is 4.87. The van der Waals surface area contributed by atoms with E-state index in [1.807, 2.05) is 0 Å². The van der Waals surface area contributed by atoms with E-state index in [0.717, 1.165) is 6.07 Å². The third-order valence-corrected chi connectivity index (χ3v) is 3.38. The molecule has 0 saturated carbocycles. The maximum absolute atomic E-state index is 13.7. The highest BCUT2D eigenvalue weighted by atomic mass is 79.9. The van der Waals surface area contributed by atoms with Gasteiger partial charge in [0.1, 0.15) is 11.4 Å². The molecule has 100 valence electrons. The summed E-state index contributed by atoms with van der Waals surface area (Å²) in [5.74, 6) is -2.36. The highest BCUT2D eigenvalue weighted by Crippen LogP contribution is 2.24. The van der Waals surface area contributed by atoms with Crippen LogP contribution < -0.4 is 5.73 Å². The van der Waals surface area contributed by atoms with Crippen molar-refractivity contribution in [3.8, 4) is 0 Å². The average molecular weight is 342 g/mol. The number of nitrogens with two attached hydrogens (primary N) is 1. The Hall–Kier alpha value is -0.720. The van der Waals surface area contributed by atoms with Gasteiger partial charge in [0, 0.05) is 19.1 Å². The summed E-state index contributed by atoms with van der Waals surface area (Å²) in [6.07, 6.45) is 0.656. The lowest BCUT2D eigenvalue weighted by atomic mass is 10.1. The third kappa shape index (κ3) is 2.81. The Balaban J connectivity index is 0.00000162. The summed E-state index contributed by atoms with van der Waals surface area (Å²) in [4.78, 5) is 13.3. The average Bonchev–Trinajstić information content (AvgIpc) is 2.71. The number of carbonyl (C=O) groups excluding carboxylic acids is 1. The van der Waals surface area contributed by atoms with E-state index in [2.05, 4.69) is 15.9 Å². The minimum absolute atomic E-state index is 0. The van der Waals surface area contributed by atoms with Crippen LogP contribution in [0.1, 0.15) is 16.8 Å². The molecule has 1 saturated heterocycles. The highest BCUT2D eigenvalue weighted by molar-refractivity contribution is 9.10. The van der Waals surface area contributed by atoms with E-state index in [9.17, 15) is 13.6 Å². The smallest absolute Gasteiger partial charge is 0.259 e. The number of likely N-dealkylation sites (tertiary alicyclic amines) is 1. The SMILES string of the molecule is Cl.NC1CCN(C(=O)c2c(F)ccc(Br)c2F)C1. The van der Waals surface area contributed by atoms with Crippen LogP contribution in [0.3, 0.4) is 0 Å². The number of benzene rings is 1. The second kappa shape index (κ2) is 5.95. The summed E-state index contributed by atoms with van der Waals surface area (Å²) in [6.45, 7) is 0.773. The predicted octanol–water partition coefficient (Wildman–Crippen LogP) is 2.32. The summed E-state index contributed by atoms with van der Waals surface area (Å²) in [5.41, 5.74) is 5.14. The maximum atomic E-state index is 13.7. The van der Waals surface area contributed by atoms with E-state index in [0.29, 0.717) is 19.5 Å². The van der Waals surface area contributed by atoms with E-state index < -0.39 is 23.1 Å². The minimum Gasteiger partial charge on any atom is -0.337 e. The van der Waals surface area contributed by atoms with Crippen molar-refractivity contribution in [1.29, 1.82) is 0 Å². The Kier molecular flexibility index (Phi) is 5.07. The molecule has 1 atom stereocenters. The molecule has 0 radical (unpaired) electrons. The first kappa shape index (κ1) is 15.3. The first-order valence-corrected chi connectivity index (χ1v) is 5.98. The maximum Gasteiger partial charge on any atom is 0.259 e. The zero-order valence-electron chi connectivity index (χ0n) is 9.33. The van der Waals surface area contributed by atoms with Crippen molar-refractivity contribution >= 4 is 34.2 Å². The summed E-state index contributed by atoms with van der Waals surface area (Å²) in [5, 5.41) is 0. The van der Waals surface area contributed by atoms with Crippen LogP contribution in [0.25, 0.3) is 0 Å². The molecule has 1 aromatic carbocycles. The van der Waals surface area contributed by atoms with Crippen LogP contribution in [0, 0.1) is 11.6 Å². The molecule has 2 N–H and O–H groups in total. The Morgan fingerprint density at radius 2 is 2.11 bits per heavy atom. The van der Waals surface area contributed by atoms with Gasteiger partial charge in [-0.15, -0.1) is 12.4 Å². The number of amides is 1. The number of nitrogens with zero attached hydrogens (tertiary/aromatic N) is 1. The Bertz CT molecular complexity index is 473. The van der Waals surface area contributed by atoms with E-state index in [1.54, 1.807) is 0 Å². The van der Waals surface area contributed by atoms with Crippen LogP contribution >= 0.6 is 28.3 Å². The van der Waals surface area contributed by atoms with Gasteiger partial charge in [-0.25, -0.2) is 8.78 Å². The van der Waals surface area contributed by atoms with Crippen molar-refractivity contribution < 1.29 is 13.6 Å². The van der Waals surface area contributed by atoms with E-state index in [1.165, 1.54) is 11.0 Å². The van der Waals surface area contributed by atoms with Gasteiger partial charge in [0.15, 0.2) is 5.82 Å². The topological polar surface area (TPSA) is 46.3 Å². The first-order valence-electron chi connectivity index (χ1n) is 5.19. The van der Waals surface area contributed by atoms with Crippen molar-refractivity contribution in [3.05, 3.63) is 33.8 Å². The van der Waals surface area contributed by atoms with Gasteiger partial charge in [0.05, 0.1) is 4.47 Å². The predicted molar refractivity (Wildman–Crippen MR) is 69.8 cm³/mol. The number of hydrogen-bond acceptors (Lipinski definition) is 2. The van der Waals surface area contributed by atoms with Gasteiger partial charge < -0.3 is 10.6 Å². The Morgan fingerprint density at radius 1 is 1.44 bits per heavy atom. The molecule has 1 unspecified atom stereocenters. The summed E-state index contributed by atoms with van der Waals surface area (Å²) < 4.78 is 27.3. The van der Waals surface area contributed by atoms with Crippen LogP contribution in [-0.2, 0) is 0 Å². The fraction of sp³-hybridized carbons (Fsp3) is 0.364. The van der Waals surface area contributed by atoms with Crippen LogP contribution in [0.4, 0.5) is 8.78 Å². The normalized spacial score (nSPS) is 18.7. The van der Waals surface area contributed by atoms with Gasteiger partial charge >= 0.3 is 0 Å². The molecule has 1 fully saturated rings. The molecule has 3 nitrogen and oxygen atoms in total. The van der Waals surface area contributed by atoms with Gasteiger partial charge in [0.25, 0.3) is 5.91 Å². The van der Waals surface area contributed by atoms with Crippen LogP contribution in [-0.4, -0.2) is 29.9 Å². The van der Waals surface area contributed by atoms with Gasteiger partial charge in [-0.05, 0) is 34.5 Å². The molecular formula is C11H12BrClF2N2O. The molecule has 0 bridgehead atoms. The molecule has 0 aliphatic carbocycles. The van der Waals surface area contributed by atoms with Crippen molar-refractivity contribution in [2.24, 2.45) is 5.73 Å². The molecule has 0 aromatic heterocycles. The molecule has 1 aliphatic rings. The quantitative estimate of drug-likeness (QED) is 0.797. The van der Waals surface area contributed by atoms with Gasteiger partial charge in [0.2, 0.25) is 0 Å². The molecule has 1 aromatic rings. The number of hydrogen-bond donors (Lipinski definition) is 1. The molecule has 1 heterocycles. The lowest BCUT2D eigenvalue weighted by Gasteiger charge is -2.16. The number of rotatable bonds is 1. The van der Waals surface area contributed by atoms with Gasteiger partial charge in [-0.3, -0.25) is 4.79 Å². The third-order valence-electron chi connectivity index (χ3n) is 2.77. The van der Waals surface area contributed by atoms with Crippen molar-refractivity contribution in [2.75, 3.05) is 13.1 Å². The standard InChI is InChI=1S/C11H11BrF2N2O.ClH/c12-7-1-2-8(13)9(10(7)14)11(17)16-4-3-6(15)5-16;/h1-2,6H,3-5,15H2;1H. The summed E-state index contributed by atoms with van der Waals surface area (Å²) in [6, 6.07) is 2.19. The molecular weight excluding hydrogens is 329 g/mol. The lowest BCUT2D eigenvalue weighted by Crippen LogP contribution is -2.33. The summed E-state index contributed by atoms with van der Waals surface area (Å²) in [7, 11) is 0. The van der Waals surface area contributed by atoms with E-state index in [-0.39, 0.29) is 22.9 Å². The van der Waals surface area contributed by atoms with E-state index in [4.69, 9.17) is 5.73 Å². The fourth-order valence-corrected chi connectivity index (χ4v) is 2.18. The van der Waals surface area contributed by atoms with Crippen LogP contribution in [0.15, 0.2) is 16.6 Å². The zero-order valence-corrected chi connectivity index (χ0v) is 11.7. The van der Waals surface area contributed by atoms with Gasteiger partial charge in [-0.2, -0.15) is 0 Å². The molecule has 18 heavy (non-hydrogen) atoms. The lowest BCUT2D eigenvalue weighted by molar-refractivity contribution is 0.0781. The van der Waals surface area contributed by atoms with Crippen molar-refractivity contribution in [2.45, 2.75) is 12.5 Å². The zero-order chi connectivity index (χ0) is 12.6. The largest absolute Gasteiger partial charge is 0.337 e. The van der Waals surface area contributed by atoms with Gasteiger partial charge in [-0.1, -0.05) is 0 Å². The Morgan fingerprint density at radius 3 is 2.67 bits per heavy atom. The molecule has 1 aliphatic heterocycles. The summed E-state index contributed by atoms with van der Waals surface area (Å²) >= 11 is 2.93. The van der Waals surface area contributed by atoms with Crippen LogP contribution in [0.2, 0.25) is 0 Å². The van der Waals surface area contributed by atoms with E-state index >= 15 is 0 Å². The molecule has 7 heteroatoms. The minimum atomic E-state index is -0.865. The molecule has 2 rings (SSSR count). The number of carbonyl (C=O) groups is 1. The molecule has 1 amide bonds. The molecule has 0 spiro atoms.